The van der Waals surface area contributed by atoms with Crippen LogP contribution in [0.4, 0.5) is 0 Å². The Morgan fingerprint density at radius 1 is 1.32 bits per heavy atom. The lowest BCUT2D eigenvalue weighted by Gasteiger charge is -2.56. The summed E-state index contributed by atoms with van der Waals surface area (Å²) < 4.78 is 11.2. The summed E-state index contributed by atoms with van der Waals surface area (Å²) in [6.45, 7) is 9.46. The van der Waals surface area contributed by atoms with Crippen LogP contribution in [0.3, 0.4) is 0 Å². The molecule has 1 saturated heterocycles. The Morgan fingerprint density at radius 3 is 2.45 bits per heavy atom. The molecule has 1 amide bonds. The van der Waals surface area contributed by atoms with Crippen molar-refractivity contribution in [3.63, 3.8) is 0 Å². The van der Waals surface area contributed by atoms with E-state index in [-0.39, 0.29) is 28.9 Å². The number of methoxy groups -OCH3 is 1. The van der Waals surface area contributed by atoms with Crippen LogP contribution < -0.4 is 5.32 Å². The molecule has 0 radical (unpaired) electrons. The number of hydrogen-bond acceptors (Lipinski definition) is 4. The Kier molecular flexibility index (Phi) is 5.51. The maximum absolute atomic E-state index is 13.2. The van der Waals surface area contributed by atoms with Crippen molar-refractivity contribution in [2.24, 2.45) is 10.8 Å². The van der Waals surface area contributed by atoms with Crippen LogP contribution in [0.2, 0.25) is 0 Å². The van der Waals surface area contributed by atoms with E-state index >= 15 is 0 Å². The summed E-state index contributed by atoms with van der Waals surface area (Å²) >= 11 is 0. The van der Waals surface area contributed by atoms with E-state index in [1.165, 1.54) is 0 Å². The topological polar surface area (TPSA) is 50.8 Å². The Labute approximate surface area is 134 Å². The van der Waals surface area contributed by atoms with E-state index < -0.39 is 0 Å². The van der Waals surface area contributed by atoms with Crippen molar-refractivity contribution < 1.29 is 14.3 Å². The van der Waals surface area contributed by atoms with Gasteiger partial charge in [0.15, 0.2) is 0 Å². The second kappa shape index (κ2) is 6.85. The number of carbonyl (C=O) groups excluding carboxylic acids is 1. The fraction of sp³-hybridized carbons (Fsp3) is 0.941. The Bertz CT molecular complexity index is 386. The molecule has 5 heteroatoms. The van der Waals surface area contributed by atoms with Gasteiger partial charge in [-0.2, -0.15) is 0 Å². The highest BCUT2D eigenvalue weighted by molar-refractivity contribution is 5.83. The van der Waals surface area contributed by atoms with E-state index in [1.54, 1.807) is 7.11 Å². The van der Waals surface area contributed by atoms with Crippen LogP contribution in [0.15, 0.2) is 0 Å². The van der Waals surface area contributed by atoms with Gasteiger partial charge in [0.25, 0.3) is 0 Å². The van der Waals surface area contributed by atoms with Crippen molar-refractivity contribution in [2.45, 2.75) is 52.2 Å². The molecule has 0 aromatic carbocycles. The summed E-state index contributed by atoms with van der Waals surface area (Å²) in [7, 11) is 3.64. The zero-order valence-corrected chi connectivity index (χ0v) is 14.8. The van der Waals surface area contributed by atoms with E-state index in [0.717, 1.165) is 39.0 Å². The minimum Gasteiger partial charge on any atom is -0.384 e. The van der Waals surface area contributed by atoms with Gasteiger partial charge in [-0.3, -0.25) is 4.79 Å². The van der Waals surface area contributed by atoms with Gasteiger partial charge in [0, 0.05) is 32.2 Å². The third-order valence-corrected chi connectivity index (χ3v) is 5.72. The SMILES string of the molecule is CCOC1CC(N(C)C(=O)C2(COC)CCNCC2)C1(C)C. The molecule has 2 unspecified atom stereocenters. The first-order valence-corrected chi connectivity index (χ1v) is 8.47. The monoisotopic (exact) mass is 312 g/mol. The van der Waals surface area contributed by atoms with Crippen LogP contribution in [0.1, 0.15) is 40.0 Å². The first-order chi connectivity index (χ1) is 10.4. The third-order valence-electron chi connectivity index (χ3n) is 5.72. The zero-order chi connectivity index (χ0) is 16.4. The molecule has 2 fully saturated rings. The molecule has 1 N–H and O–H groups in total. The Hall–Kier alpha value is -0.650. The molecular formula is C17H32N2O3. The van der Waals surface area contributed by atoms with Crippen LogP contribution in [-0.2, 0) is 14.3 Å². The predicted molar refractivity (Wildman–Crippen MR) is 86.8 cm³/mol. The van der Waals surface area contributed by atoms with Gasteiger partial charge >= 0.3 is 0 Å². The lowest BCUT2D eigenvalue weighted by molar-refractivity contribution is -0.174. The van der Waals surface area contributed by atoms with E-state index in [0.29, 0.717) is 6.61 Å². The van der Waals surface area contributed by atoms with Gasteiger partial charge in [0.05, 0.1) is 18.1 Å². The number of rotatable bonds is 6. The molecule has 128 valence electrons. The molecule has 0 spiro atoms. The average molecular weight is 312 g/mol. The van der Waals surface area contributed by atoms with Gasteiger partial charge in [-0.05, 0) is 39.3 Å². The molecule has 22 heavy (non-hydrogen) atoms. The Balaban J connectivity index is 2.08. The highest BCUT2D eigenvalue weighted by atomic mass is 16.5. The molecule has 1 heterocycles. The van der Waals surface area contributed by atoms with Crippen LogP contribution in [0.25, 0.3) is 0 Å². The second-order valence-electron chi connectivity index (χ2n) is 7.40. The standard InChI is InChI=1S/C17H32N2O3/c1-6-22-14-11-13(16(14,2)3)19(4)15(20)17(12-21-5)7-9-18-10-8-17/h13-14,18H,6-12H2,1-5H3. The van der Waals surface area contributed by atoms with Gasteiger partial charge in [-0.1, -0.05) is 13.8 Å². The zero-order valence-electron chi connectivity index (χ0n) is 14.8. The second-order valence-corrected chi connectivity index (χ2v) is 7.40. The van der Waals surface area contributed by atoms with Crippen molar-refractivity contribution in [1.82, 2.24) is 10.2 Å². The van der Waals surface area contributed by atoms with Gasteiger partial charge in [-0.25, -0.2) is 0 Å². The maximum Gasteiger partial charge on any atom is 0.231 e. The maximum atomic E-state index is 13.2. The number of nitrogens with one attached hydrogen (secondary N) is 1. The highest BCUT2D eigenvalue weighted by Gasteiger charge is 2.54. The van der Waals surface area contributed by atoms with E-state index in [2.05, 4.69) is 19.2 Å². The highest BCUT2D eigenvalue weighted by Crippen LogP contribution is 2.46. The summed E-state index contributed by atoms with van der Waals surface area (Å²) in [5.41, 5.74) is -0.344. The molecule has 0 bridgehead atoms. The summed E-state index contributed by atoms with van der Waals surface area (Å²) in [6.07, 6.45) is 2.90. The number of piperidine rings is 1. The number of ether oxygens (including phenoxy) is 2. The first-order valence-electron chi connectivity index (χ1n) is 8.47. The molecule has 2 atom stereocenters. The predicted octanol–water partition coefficient (Wildman–Crippen LogP) is 1.66. The van der Waals surface area contributed by atoms with Gasteiger partial charge in [0.2, 0.25) is 5.91 Å². The van der Waals surface area contributed by atoms with E-state index in [9.17, 15) is 4.79 Å². The molecule has 0 aromatic rings. The summed E-state index contributed by atoms with van der Waals surface area (Å²) in [5.74, 6) is 0.240. The van der Waals surface area contributed by atoms with E-state index in [1.807, 2.05) is 18.9 Å². The van der Waals surface area contributed by atoms with Crippen molar-refractivity contribution in [1.29, 1.82) is 0 Å². The molecule has 1 saturated carbocycles. The molecule has 2 aliphatic rings. The fourth-order valence-corrected chi connectivity index (χ4v) is 4.12. The largest absolute Gasteiger partial charge is 0.384 e. The Morgan fingerprint density at radius 2 is 1.95 bits per heavy atom. The summed E-state index contributed by atoms with van der Waals surface area (Å²) in [4.78, 5) is 15.1. The molecule has 5 nitrogen and oxygen atoms in total. The lowest BCUT2D eigenvalue weighted by atomic mass is 9.63. The van der Waals surface area contributed by atoms with Gasteiger partial charge < -0.3 is 19.7 Å². The number of carbonyl (C=O) groups is 1. The minimum absolute atomic E-state index is 0.0155. The van der Waals surface area contributed by atoms with E-state index in [4.69, 9.17) is 9.47 Å². The van der Waals surface area contributed by atoms with Crippen molar-refractivity contribution in [3.05, 3.63) is 0 Å². The van der Waals surface area contributed by atoms with Crippen LogP contribution in [0, 0.1) is 10.8 Å². The van der Waals surface area contributed by atoms with Crippen LogP contribution >= 0.6 is 0 Å². The van der Waals surface area contributed by atoms with Crippen LogP contribution in [0.5, 0.6) is 0 Å². The van der Waals surface area contributed by atoms with Crippen molar-refractivity contribution >= 4 is 5.91 Å². The molecule has 1 aliphatic carbocycles. The van der Waals surface area contributed by atoms with Gasteiger partial charge in [-0.15, -0.1) is 0 Å². The first kappa shape index (κ1) is 17.7. The molecule has 1 aliphatic heterocycles. The fourth-order valence-electron chi connectivity index (χ4n) is 4.12. The molecule has 0 aromatic heterocycles. The van der Waals surface area contributed by atoms with Crippen LogP contribution in [-0.4, -0.2) is 63.4 Å². The van der Waals surface area contributed by atoms with Crippen molar-refractivity contribution in [3.8, 4) is 0 Å². The smallest absolute Gasteiger partial charge is 0.231 e. The summed E-state index contributed by atoms with van der Waals surface area (Å²) in [6, 6.07) is 0.250. The average Bonchev–Trinajstić information content (AvgIpc) is 2.51. The lowest BCUT2D eigenvalue weighted by Crippen LogP contribution is -2.65. The molecular weight excluding hydrogens is 280 g/mol. The number of amides is 1. The summed E-state index contributed by atoms with van der Waals surface area (Å²) in [5, 5.41) is 3.34. The van der Waals surface area contributed by atoms with Gasteiger partial charge in [0.1, 0.15) is 0 Å². The molecule has 2 rings (SSSR count). The quantitative estimate of drug-likeness (QED) is 0.810. The number of nitrogens with zero attached hydrogens (tertiary/aromatic N) is 1. The normalized spacial score (nSPS) is 29.7. The number of hydrogen-bond donors (Lipinski definition) is 1. The van der Waals surface area contributed by atoms with Crippen molar-refractivity contribution in [2.75, 3.05) is 40.5 Å². The minimum atomic E-state index is -0.360. The third kappa shape index (κ3) is 3.03.